The van der Waals surface area contributed by atoms with E-state index in [-0.39, 0.29) is 29.4 Å². The SMILES string of the molecule is C#CCN1C(c2cc(O)cc(O)c2)=NC(C(F)(F)F)CC1C=O. The zero-order valence-corrected chi connectivity index (χ0v) is 11.8. The molecular formula is C15H13F3N2O3. The van der Waals surface area contributed by atoms with Crippen LogP contribution in [0.4, 0.5) is 13.2 Å². The van der Waals surface area contributed by atoms with Crippen molar-refractivity contribution < 1.29 is 28.2 Å². The number of alkyl halides is 3. The summed E-state index contributed by atoms with van der Waals surface area (Å²) >= 11 is 0. The fraction of sp³-hybridized carbons (Fsp3) is 0.333. The summed E-state index contributed by atoms with van der Waals surface area (Å²) in [7, 11) is 0. The molecular weight excluding hydrogens is 313 g/mol. The minimum atomic E-state index is -4.62. The van der Waals surface area contributed by atoms with Gasteiger partial charge in [0.2, 0.25) is 0 Å². The first-order valence-electron chi connectivity index (χ1n) is 6.59. The largest absolute Gasteiger partial charge is 0.508 e. The number of aromatic hydroxyl groups is 2. The second-order valence-electron chi connectivity index (χ2n) is 5.02. The van der Waals surface area contributed by atoms with Crippen LogP contribution in [0.2, 0.25) is 0 Å². The molecule has 0 saturated heterocycles. The Kier molecular flexibility index (Phi) is 4.50. The molecule has 1 aliphatic heterocycles. The number of aliphatic imine (C=N–C) groups is 1. The van der Waals surface area contributed by atoms with E-state index in [0.717, 1.165) is 18.2 Å². The lowest BCUT2D eigenvalue weighted by atomic mass is 10.0. The Morgan fingerprint density at radius 2 is 1.96 bits per heavy atom. The van der Waals surface area contributed by atoms with Gasteiger partial charge in [0.1, 0.15) is 23.6 Å². The van der Waals surface area contributed by atoms with E-state index in [1.54, 1.807) is 0 Å². The van der Waals surface area contributed by atoms with Crippen LogP contribution in [0.3, 0.4) is 0 Å². The molecule has 0 aromatic heterocycles. The van der Waals surface area contributed by atoms with Crippen LogP contribution in [0, 0.1) is 12.3 Å². The molecule has 1 heterocycles. The molecule has 0 amide bonds. The van der Waals surface area contributed by atoms with Gasteiger partial charge in [0.25, 0.3) is 0 Å². The molecule has 0 spiro atoms. The van der Waals surface area contributed by atoms with Crippen LogP contribution < -0.4 is 0 Å². The van der Waals surface area contributed by atoms with Gasteiger partial charge in [-0.3, -0.25) is 4.99 Å². The first-order chi connectivity index (χ1) is 10.8. The van der Waals surface area contributed by atoms with Crippen LogP contribution in [-0.2, 0) is 4.79 Å². The number of hydrogen-bond acceptors (Lipinski definition) is 5. The molecule has 5 nitrogen and oxygen atoms in total. The van der Waals surface area contributed by atoms with Gasteiger partial charge < -0.3 is 19.9 Å². The molecule has 0 radical (unpaired) electrons. The number of phenolic OH excluding ortho intramolecular Hbond substituents is 2. The highest BCUT2D eigenvalue weighted by molar-refractivity contribution is 6.01. The first kappa shape index (κ1) is 16.7. The molecule has 1 aliphatic rings. The second-order valence-corrected chi connectivity index (χ2v) is 5.02. The Labute approximate surface area is 130 Å². The maximum atomic E-state index is 13.0. The third-order valence-electron chi connectivity index (χ3n) is 3.37. The molecule has 1 aromatic rings. The monoisotopic (exact) mass is 326 g/mol. The number of carbonyl (C=O) groups is 1. The van der Waals surface area contributed by atoms with Gasteiger partial charge in [0.05, 0.1) is 12.6 Å². The van der Waals surface area contributed by atoms with Crippen molar-refractivity contribution in [1.82, 2.24) is 4.90 Å². The Balaban J connectivity index is 2.58. The Hall–Kier alpha value is -2.69. The highest BCUT2D eigenvalue weighted by atomic mass is 19.4. The van der Waals surface area contributed by atoms with Gasteiger partial charge in [-0.05, 0) is 12.1 Å². The van der Waals surface area contributed by atoms with Gasteiger partial charge >= 0.3 is 6.18 Å². The molecule has 0 aliphatic carbocycles. The van der Waals surface area contributed by atoms with E-state index in [0.29, 0.717) is 6.29 Å². The summed E-state index contributed by atoms with van der Waals surface area (Å²) in [6, 6.07) is 0.142. The van der Waals surface area contributed by atoms with Crippen LogP contribution in [0.15, 0.2) is 23.2 Å². The number of phenols is 2. The quantitative estimate of drug-likeness (QED) is 0.655. The van der Waals surface area contributed by atoms with Crippen LogP contribution in [-0.4, -0.2) is 52.0 Å². The highest BCUT2D eigenvalue weighted by Crippen LogP contribution is 2.32. The summed E-state index contributed by atoms with van der Waals surface area (Å²) in [4.78, 5) is 16.1. The zero-order chi connectivity index (χ0) is 17.2. The fourth-order valence-electron chi connectivity index (χ4n) is 2.38. The fourth-order valence-corrected chi connectivity index (χ4v) is 2.38. The number of carbonyl (C=O) groups excluding carboxylic acids is 1. The van der Waals surface area contributed by atoms with Crippen molar-refractivity contribution in [2.24, 2.45) is 4.99 Å². The lowest BCUT2D eigenvalue weighted by Gasteiger charge is -2.36. The number of nitrogens with zero attached hydrogens (tertiary/aromatic N) is 2. The van der Waals surface area contributed by atoms with Crippen molar-refractivity contribution in [3.63, 3.8) is 0 Å². The highest BCUT2D eigenvalue weighted by Gasteiger charge is 2.45. The summed E-state index contributed by atoms with van der Waals surface area (Å²) < 4.78 is 39.1. The molecule has 2 rings (SSSR count). The normalized spacial score (nSPS) is 21.5. The van der Waals surface area contributed by atoms with Gasteiger partial charge in [0, 0.05) is 18.1 Å². The number of hydrogen-bond donors (Lipinski definition) is 2. The molecule has 0 fully saturated rings. The summed E-state index contributed by atoms with van der Waals surface area (Å²) in [5.41, 5.74) is 0.0403. The van der Waals surface area contributed by atoms with Crippen LogP contribution >= 0.6 is 0 Å². The zero-order valence-electron chi connectivity index (χ0n) is 11.8. The summed E-state index contributed by atoms with van der Waals surface area (Å²) in [5, 5.41) is 19.0. The average Bonchev–Trinajstić information content (AvgIpc) is 2.45. The molecule has 2 N–H and O–H groups in total. The molecule has 2 unspecified atom stereocenters. The predicted octanol–water partition coefficient (Wildman–Crippen LogP) is 1.68. The number of rotatable bonds is 3. The number of amidine groups is 1. The number of terminal acetylenes is 1. The second kappa shape index (κ2) is 6.20. The maximum Gasteiger partial charge on any atom is 0.410 e. The molecule has 23 heavy (non-hydrogen) atoms. The van der Waals surface area contributed by atoms with Crippen molar-refractivity contribution >= 4 is 12.1 Å². The van der Waals surface area contributed by atoms with Crippen molar-refractivity contribution in [3.8, 4) is 23.8 Å². The van der Waals surface area contributed by atoms with Crippen LogP contribution in [0.5, 0.6) is 11.5 Å². The Morgan fingerprint density at radius 3 is 2.43 bits per heavy atom. The molecule has 0 bridgehead atoms. The van der Waals surface area contributed by atoms with Gasteiger partial charge in [-0.15, -0.1) is 6.42 Å². The summed E-state index contributed by atoms with van der Waals surface area (Å²) in [6.45, 7) is -0.136. The van der Waals surface area contributed by atoms with E-state index < -0.39 is 24.7 Å². The standard InChI is InChI=1S/C15H13F3N2O3/c1-2-3-20-10(8-21)6-13(15(16,17)18)19-14(20)9-4-11(22)7-12(23)5-9/h1,4-5,7-8,10,13,22-23H,3,6H2. The summed E-state index contributed by atoms with van der Waals surface area (Å²) in [5.74, 6) is 1.38. The number of halogens is 3. The number of aldehydes is 1. The van der Waals surface area contributed by atoms with E-state index >= 15 is 0 Å². The minimum Gasteiger partial charge on any atom is -0.508 e. The van der Waals surface area contributed by atoms with Crippen molar-refractivity contribution in [1.29, 1.82) is 0 Å². The lowest BCUT2D eigenvalue weighted by Crippen LogP contribution is -2.50. The summed E-state index contributed by atoms with van der Waals surface area (Å²) in [6.07, 6.45) is 0.439. The molecule has 122 valence electrons. The smallest absolute Gasteiger partial charge is 0.410 e. The maximum absolute atomic E-state index is 13.0. The van der Waals surface area contributed by atoms with Gasteiger partial charge in [0.15, 0.2) is 6.04 Å². The Morgan fingerprint density at radius 1 is 1.35 bits per heavy atom. The average molecular weight is 326 g/mol. The van der Waals surface area contributed by atoms with Gasteiger partial charge in [-0.1, -0.05) is 5.92 Å². The van der Waals surface area contributed by atoms with Crippen LogP contribution in [0.1, 0.15) is 12.0 Å². The van der Waals surface area contributed by atoms with E-state index in [1.165, 1.54) is 4.90 Å². The predicted molar refractivity (Wildman–Crippen MR) is 76.2 cm³/mol. The van der Waals surface area contributed by atoms with E-state index in [2.05, 4.69) is 10.9 Å². The molecule has 8 heteroatoms. The van der Waals surface area contributed by atoms with Gasteiger partial charge in [-0.2, -0.15) is 13.2 Å². The molecule has 0 saturated carbocycles. The third kappa shape index (κ3) is 3.56. The third-order valence-corrected chi connectivity index (χ3v) is 3.37. The van der Waals surface area contributed by atoms with Crippen molar-refractivity contribution in [2.45, 2.75) is 24.7 Å². The lowest BCUT2D eigenvalue weighted by molar-refractivity contribution is -0.152. The van der Waals surface area contributed by atoms with Crippen molar-refractivity contribution in [2.75, 3.05) is 6.54 Å². The van der Waals surface area contributed by atoms with Crippen molar-refractivity contribution in [3.05, 3.63) is 23.8 Å². The van der Waals surface area contributed by atoms with E-state index in [1.807, 2.05) is 0 Å². The Bertz CT molecular complexity index is 659. The molecule has 2 atom stereocenters. The topological polar surface area (TPSA) is 73.1 Å². The van der Waals surface area contributed by atoms with E-state index in [4.69, 9.17) is 6.42 Å². The minimum absolute atomic E-state index is 0.0403. The molecule has 1 aromatic carbocycles. The van der Waals surface area contributed by atoms with E-state index in [9.17, 15) is 28.2 Å². The first-order valence-corrected chi connectivity index (χ1v) is 6.59. The number of benzene rings is 1. The van der Waals surface area contributed by atoms with Crippen LogP contribution in [0.25, 0.3) is 0 Å². The van der Waals surface area contributed by atoms with Gasteiger partial charge in [-0.25, -0.2) is 0 Å².